The van der Waals surface area contributed by atoms with Crippen molar-refractivity contribution in [2.45, 2.75) is 12.5 Å². The molecule has 0 aromatic heterocycles. The third-order valence-electron chi connectivity index (χ3n) is 2.94. The lowest BCUT2D eigenvalue weighted by Crippen LogP contribution is -2.23. The van der Waals surface area contributed by atoms with Crippen LogP contribution in [0, 0.1) is 11.6 Å². The van der Waals surface area contributed by atoms with E-state index < -0.39 is 17.2 Å². The monoisotopic (exact) mass is 302 g/mol. The van der Waals surface area contributed by atoms with Gasteiger partial charge in [0.2, 0.25) is 0 Å². The van der Waals surface area contributed by atoms with E-state index in [9.17, 15) is 13.9 Å². The third kappa shape index (κ3) is 2.73. The first-order chi connectivity index (χ1) is 8.82. The quantitative estimate of drug-likeness (QED) is 0.808. The van der Waals surface area contributed by atoms with E-state index in [1.54, 1.807) is 0 Å². The highest BCUT2D eigenvalue weighted by Gasteiger charge is 2.29. The molecule has 5 heteroatoms. The molecule has 0 radical (unpaired) electrons. The van der Waals surface area contributed by atoms with Gasteiger partial charge in [-0.2, -0.15) is 0 Å². The Balaban J connectivity index is 2.55. The summed E-state index contributed by atoms with van der Waals surface area (Å²) in [7, 11) is 0. The fourth-order valence-electron chi connectivity index (χ4n) is 1.83. The highest BCUT2D eigenvalue weighted by Crippen LogP contribution is 2.36. The molecule has 0 amide bonds. The molecule has 0 saturated heterocycles. The molecule has 100 valence electrons. The van der Waals surface area contributed by atoms with Crippen molar-refractivity contribution in [3.8, 4) is 0 Å². The van der Waals surface area contributed by atoms with Crippen molar-refractivity contribution in [1.82, 2.24) is 0 Å². The lowest BCUT2D eigenvalue weighted by molar-refractivity contribution is 0.102. The van der Waals surface area contributed by atoms with Crippen LogP contribution in [-0.4, -0.2) is 5.11 Å². The minimum Gasteiger partial charge on any atom is -0.381 e. The average Bonchev–Trinajstić information content (AvgIpc) is 2.34. The van der Waals surface area contributed by atoms with Crippen LogP contribution >= 0.6 is 23.2 Å². The van der Waals surface area contributed by atoms with Crippen LogP contribution in [0.2, 0.25) is 10.0 Å². The zero-order chi connectivity index (χ0) is 14.2. The second-order valence-corrected chi connectivity index (χ2v) is 5.14. The standard InChI is InChI=1S/C14H10Cl2F2O/c1-14(19,8-2-4-9(17)5-3-8)10-6-13(18)12(16)7-11(10)15/h2-7,19H,1H3. The fraction of sp³-hybridized carbons (Fsp3) is 0.143. The third-order valence-corrected chi connectivity index (χ3v) is 3.54. The maximum atomic E-state index is 13.5. The Morgan fingerprint density at radius 3 is 2.16 bits per heavy atom. The lowest BCUT2D eigenvalue weighted by Gasteiger charge is -2.25. The summed E-state index contributed by atoms with van der Waals surface area (Å²) >= 11 is 11.6. The Bertz CT molecular complexity index is 610. The molecule has 0 aliphatic rings. The maximum Gasteiger partial charge on any atom is 0.142 e. The van der Waals surface area contributed by atoms with Gasteiger partial charge in [0, 0.05) is 10.6 Å². The van der Waals surface area contributed by atoms with Gasteiger partial charge in [-0.1, -0.05) is 35.3 Å². The number of benzene rings is 2. The van der Waals surface area contributed by atoms with E-state index in [0.717, 1.165) is 6.07 Å². The summed E-state index contributed by atoms with van der Waals surface area (Å²) in [5.41, 5.74) is -0.976. The van der Waals surface area contributed by atoms with Crippen LogP contribution in [0.3, 0.4) is 0 Å². The van der Waals surface area contributed by atoms with Gasteiger partial charge in [-0.25, -0.2) is 8.78 Å². The van der Waals surface area contributed by atoms with Crippen LogP contribution in [0.4, 0.5) is 8.78 Å². The molecule has 2 aromatic carbocycles. The fourth-order valence-corrected chi connectivity index (χ4v) is 2.39. The zero-order valence-corrected chi connectivity index (χ0v) is 11.4. The van der Waals surface area contributed by atoms with Gasteiger partial charge in [-0.3, -0.25) is 0 Å². The Morgan fingerprint density at radius 1 is 1.00 bits per heavy atom. The predicted octanol–water partition coefficient (Wildman–Crippen LogP) is 4.53. The Kier molecular flexibility index (Phi) is 3.81. The van der Waals surface area contributed by atoms with Crippen LogP contribution in [0.5, 0.6) is 0 Å². The smallest absolute Gasteiger partial charge is 0.142 e. The van der Waals surface area contributed by atoms with Crippen LogP contribution in [0.15, 0.2) is 36.4 Å². The summed E-state index contributed by atoms with van der Waals surface area (Å²) in [4.78, 5) is 0. The van der Waals surface area contributed by atoms with Crippen molar-refractivity contribution in [3.63, 3.8) is 0 Å². The second-order valence-electron chi connectivity index (χ2n) is 4.33. The highest BCUT2D eigenvalue weighted by molar-refractivity contribution is 6.35. The van der Waals surface area contributed by atoms with E-state index in [1.165, 1.54) is 37.3 Å². The first-order valence-electron chi connectivity index (χ1n) is 5.46. The molecule has 0 spiro atoms. The van der Waals surface area contributed by atoms with E-state index in [0.29, 0.717) is 5.56 Å². The van der Waals surface area contributed by atoms with Crippen LogP contribution < -0.4 is 0 Å². The van der Waals surface area contributed by atoms with Gasteiger partial charge < -0.3 is 5.11 Å². The van der Waals surface area contributed by atoms with Crippen molar-refractivity contribution >= 4 is 23.2 Å². The molecule has 19 heavy (non-hydrogen) atoms. The first kappa shape index (κ1) is 14.3. The molecule has 0 aliphatic heterocycles. The molecule has 1 unspecified atom stereocenters. The van der Waals surface area contributed by atoms with Crippen molar-refractivity contribution in [1.29, 1.82) is 0 Å². The molecule has 1 nitrogen and oxygen atoms in total. The van der Waals surface area contributed by atoms with E-state index in [2.05, 4.69) is 0 Å². The number of aliphatic hydroxyl groups is 1. The first-order valence-corrected chi connectivity index (χ1v) is 6.21. The maximum absolute atomic E-state index is 13.5. The van der Waals surface area contributed by atoms with Gasteiger partial charge >= 0.3 is 0 Å². The largest absolute Gasteiger partial charge is 0.381 e. The van der Waals surface area contributed by atoms with Crippen LogP contribution in [0.1, 0.15) is 18.1 Å². The number of hydrogen-bond donors (Lipinski definition) is 1. The van der Waals surface area contributed by atoms with E-state index in [1.807, 2.05) is 0 Å². The predicted molar refractivity (Wildman–Crippen MR) is 71.5 cm³/mol. The molecule has 1 N–H and O–H groups in total. The number of rotatable bonds is 2. The SMILES string of the molecule is CC(O)(c1ccc(F)cc1)c1cc(F)c(Cl)cc1Cl. The summed E-state index contributed by atoms with van der Waals surface area (Å²) < 4.78 is 26.4. The summed E-state index contributed by atoms with van der Waals surface area (Å²) in [6.45, 7) is 1.45. The van der Waals surface area contributed by atoms with Crippen molar-refractivity contribution in [2.75, 3.05) is 0 Å². The summed E-state index contributed by atoms with van der Waals surface area (Å²) in [5, 5.41) is 10.5. The number of hydrogen-bond acceptors (Lipinski definition) is 1. The van der Waals surface area contributed by atoms with Gasteiger partial charge in [0.05, 0.1) is 5.02 Å². The molecule has 2 rings (SSSR count). The second kappa shape index (κ2) is 5.08. The topological polar surface area (TPSA) is 20.2 Å². The Labute approximate surface area is 119 Å². The van der Waals surface area contributed by atoms with Crippen molar-refractivity contribution in [2.24, 2.45) is 0 Å². The average molecular weight is 303 g/mol. The summed E-state index contributed by atoms with van der Waals surface area (Å²) in [5.74, 6) is -1.10. The molecule has 1 atom stereocenters. The van der Waals surface area contributed by atoms with Crippen molar-refractivity contribution in [3.05, 3.63) is 69.2 Å². The van der Waals surface area contributed by atoms with Gasteiger partial charge in [0.15, 0.2) is 0 Å². The molecular weight excluding hydrogens is 293 g/mol. The lowest BCUT2D eigenvalue weighted by atomic mass is 9.88. The van der Waals surface area contributed by atoms with Crippen LogP contribution in [0.25, 0.3) is 0 Å². The molecule has 0 bridgehead atoms. The van der Waals surface area contributed by atoms with Crippen molar-refractivity contribution < 1.29 is 13.9 Å². The van der Waals surface area contributed by atoms with E-state index >= 15 is 0 Å². The Morgan fingerprint density at radius 2 is 1.58 bits per heavy atom. The minimum absolute atomic E-state index is 0.122. The number of halogens is 4. The van der Waals surface area contributed by atoms with E-state index in [-0.39, 0.29) is 15.6 Å². The minimum atomic E-state index is -1.55. The Hall–Kier alpha value is -1.16. The summed E-state index contributed by atoms with van der Waals surface area (Å²) in [6.07, 6.45) is 0. The normalized spacial score (nSPS) is 14.2. The van der Waals surface area contributed by atoms with Gasteiger partial charge in [0.1, 0.15) is 17.2 Å². The molecule has 0 aliphatic carbocycles. The summed E-state index contributed by atoms with van der Waals surface area (Å²) in [6, 6.07) is 7.56. The molecule has 2 aromatic rings. The van der Waals surface area contributed by atoms with Gasteiger partial charge in [-0.15, -0.1) is 0 Å². The highest BCUT2D eigenvalue weighted by atomic mass is 35.5. The van der Waals surface area contributed by atoms with Gasteiger partial charge in [0.25, 0.3) is 0 Å². The molecule has 0 fully saturated rings. The zero-order valence-electron chi connectivity index (χ0n) is 9.92. The molecule has 0 saturated carbocycles. The molecule has 0 heterocycles. The van der Waals surface area contributed by atoms with Crippen LogP contribution in [-0.2, 0) is 5.60 Å². The van der Waals surface area contributed by atoms with E-state index in [4.69, 9.17) is 23.2 Å². The van der Waals surface area contributed by atoms with Gasteiger partial charge in [-0.05, 0) is 36.8 Å². The molecular formula is C14H10Cl2F2O.